The monoisotopic (exact) mass is 1590 g/mol. The normalized spacial score (nSPS) is 14.9. The van der Waals surface area contributed by atoms with Gasteiger partial charge < -0.3 is 34.2 Å². The zero-order valence-electron chi connectivity index (χ0n) is 68.8. The van der Waals surface area contributed by atoms with Crippen molar-refractivity contribution in [3.8, 4) is 0 Å². The van der Waals surface area contributed by atoms with E-state index in [4.69, 9.17) is 32.3 Å². The molecular formula is C93H150O16P2. The second-order valence-electron chi connectivity index (χ2n) is 27.5. The Morgan fingerprint density at radius 2 is 0.450 bits per heavy atom. The molecule has 0 aliphatic carbocycles. The van der Waals surface area contributed by atoms with Gasteiger partial charge in [0.15, 0.2) is 6.10 Å². The van der Waals surface area contributed by atoms with Gasteiger partial charge in [0.05, 0.1) is 26.4 Å². The molecule has 0 spiro atoms. The quantitative estimate of drug-likeness (QED) is 0.0146. The van der Waals surface area contributed by atoms with Gasteiger partial charge in [0, 0.05) is 19.3 Å². The van der Waals surface area contributed by atoms with E-state index in [1.165, 1.54) is 64.2 Å². The Morgan fingerprint density at radius 3 is 0.730 bits per heavy atom. The van der Waals surface area contributed by atoms with Crippen LogP contribution in [-0.2, 0) is 55.8 Å². The lowest BCUT2D eigenvalue weighted by Gasteiger charge is -2.21. The number of hydrogen-bond acceptors (Lipinski definition) is 14. The maximum absolute atomic E-state index is 13.0. The molecule has 4 N–H and O–H groups in total. The highest BCUT2D eigenvalue weighted by Crippen LogP contribution is 2.45. The van der Waals surface area contributed by atoms with Gasteiger partial charge in [0.25, 0.3) is 0 Å². The van der Waals surface area contributed by atoms with E-state index in [1.807, 2.05) is 0 Å². The largest absolute Gasteiger partial charge is 0.472 e. The average molecular weight is 1590 g/mol. The number of esters is 3. The van der Waals surface area contributed by atoms with Crippen LogP contribution >= 0.6 is 15.6 Å². The van der Waals surface area contributed by atoms with Crippen LogP contribution in [0.25, 0.3) is 0 Å². The van der Waals surface area contributed by atoms with E-state index in [2.05, 4.69) is 227 Å². The van der Waals surface area contributed by atoms with Gasteiger partial charge >= 0.3 is 33.6 Å². The van der Waals surface area contributed by atoms with Crippen LogP contribution in [0, 0.1) is 0 Å². The molecule has 0 heterocycles. The number of carbonyl (C=O) groups excluding carboxylic acids is 3. The maximum Gasteiger partial charge on any atom is 0.472 e. The van der Waals surface area contributed by atoms with Crippen LogP contribution in [0.1, 0.15) is 303 Å². The van der Waals surface area contributed by atoms with E-state index in [0.29, 0.717) is 19.3 Å². The standard InChI is InChI=1S/C93H150O16P2/c1-4-7-10-13-16-19-22-25-28-31-34-37-38-39-40-41-42-43-44-45-46-47-48-51-53-55-58-61-64-67-70-73-76-79-91(96)103-82-88(94)83-105-110(99,100)106-84-89(95)85-107-111(101,102)108-87-90(109-93(98)81-78-75-72-69-66-63-60-57-54-50-36-33-30-27-24-21-18-15-12-9-6-3)86-104-92(97)80-77-74-71-68-65-62-59-56-52-49-35-32-29-26-23-20-17-14-11-8-5-2/h7-12,16-21,25-30,34-37,39-40,42-43,49-50,56-57,59-60,65,68,88-90,94-95H,4-6,13-15,22-24,31-33,38,41,44-48,51-55,58,61-64,66-67,69-87H2,1-3H3,(H,99,100)(H,101,102)/b10-7-,11-8-,12-9-,19-16-,20-17-,21-18-,28-25-,29-26-,30-27-,37-34-,40-39-,43-42-,49-35-,50-36-,59-56-,60-57-,68-65-. The van der Waals surface area contributed by atoms with Crippen molar-refractivity contribution >= 4 is 33.6 Å². The molecule has 111 heavy (non-hydrogen) atoms. The first kappa shape index (κ1) is 105. The van der Waals surface area contributed by atoms with E-state index < -0.39 is 91.5 Å². The number of hydrogen-bond donors (Lipinski definition) is 4. The predicted octanol–water partition coefficient (Wildman–Crippen LogP) is 25.7. The molecule has 0 bridgehead atoms. The lowest BCUT2D eigenvalue weighted by atomic mass is 10.0. The number of aliphatic hydroxyl groups is 2. The molecule has 0 amide bonds. The molecule has 5 unspecified atom stereocenters. The molecule has 16 nitrogen and oxygen atoms in total. The smallest absolute Gasteiger partial charge is 0.463 e. The zero-order valence-corrected chi connectivity index (χ0v) is 70.6. The fourth-order valence-electron chi connectivity index (χ4n) is 10.7. The van der Waals surface area contributed by atoms with Gasteiger partial charge in [-0.25, -0.2) is 9.13 Å². The third-order valence-corrected chi connectivity index (χ3v) is 18.9. The summed E-state index contributed by atoms with van der Waals surface area (Å²) in [6.45, 7) is 2.25. The SMILES string of the molecule is CC/C=C\C/C=C\C/C=C\C/C=C\C/C=C\C/C=C\CCCCCCCCCCCCCCCCC(=O)OCC(O)COP(=O)(O)OCC(O)COP(=O)(O)OCC(COC(=O)CCCC/C=C\C/C=C\C/C=C\C/C=C\C/C=C\C/C=C\CC)OC(=O)CCCCCCC/C=C\C/C=C\C/C=C\C/C=C\C/C=C\CC. The van der Waals surface area contributed by atoms with Crippen LogP contribution < -0.4 is 0 Å². The number of phosphoric ester groups is 2. The van der Waals surface area contributed by atoms with Crippen molar-refractivity contribution in [3.05, 3.63) is 207 Å². The van der Waals surface area contributed by atoms with E-state index in [0.717, 1.165) is 180 Å². The van der Waals surface area contributed by atoms with Gasteiger partial charge in [-0.15, -0.1) is 0 Å². The molecule has 0 radical (unpaired) electrons. The highest BCUT2D eigenvalue weighted by molar-refractivity contribution is 7.47. The van der Waals surface area contributed by atoms with Crippen molar-refractivity contribution in [3.63, 3.8) is 0 Å². The van der Waals surface area contributed by atoms with E-state index in [1.54, 1.807) is 0 Å². The first-order valence-electron chi connectivity index (χ1n) is 42.4. The zero-order chi connectivity index (χ0) is 80.8. The predicted molar refractivity (Wildman–Crippen MR) is 463 cm³/mol. The molecule has 0 aliphatic rings. The number of unbranched alkanes of at least 4 members (excludes halogenated alkanes) is 21. The third-order valence-electron chi connectivity index (χ3n) is 17.0. The summed E-state index contributed by atoms with van der Waals surface area (Å²) >= 11 is 0. The average Bonchev–Trinajstić information content (AvgIpc) is 0.900. The van der Waals surface area contributed by atoms with Gasteiger partial charge in [0.1, 0.15) is 25.4 Å². The summed E-state index contributed by atoms with van der Waals surface area (Å²) in [5.74, 6) is -1.66. The van der Waals surface area contributed by atoms with Gasteiger partial charge in [-0.3, -0.25) is 32.5 Å². The molecule has 0 saturated carbocycles. The molecule has 0 aromatic rings. The summed E-state index contributed by atoms with van der Waals surface area (Å²) in [5, 5.41) is 20.7. The fraction of sp³-hybridized carbons (Fsp3) is 0.602. The summed E-state index contributed by atoms with van der Waals surface area (Å²) in [7, 11) is -9.83. The Bertz CT molecular complexity index is 2850. The molecule has 18 heteroatoms. The highest BCUT2D eigenvalue weighted by Gasteiger charge is 2.29. The van der Waals surface area contributed by atoms with Crippen molar-refractivity contribution in [1.29, 1.82) is 0 Å². The summed E-state index contributed by atoms with van der Waals surface area (Å²) in [4.78, 5) is 58.8. The van der Waals surface area contributed by atoms with Crippen LogP contribution in [-0.4, -0.2) is 95.9 Å². The molecule has 0 aliphatic heterocycles. The molecule has 0 rings (SSSR count). The third kappa shape index (κ3) is 84.9. The second kappa shape index (κ2) is 83.6. The topological polar surface area (TPSA) is 231 Å². The molecule has 0 aromatic carbocycles. The van der Waals surface area contributed by atoms with E-state index >= 15 is 0 Å². The minimum Gasteiger partial charge on any atom is -0.463 e. The van der Waals surface area contributed by atoms with Gasteiger partial charge in [-0.2, -0.15) is 0 Å². The van der Waals surface area contributed by atoms with Crippen molar-refractivity contribution in [1.82, 2.24) is 0 Å². The Labute approximate surface area is 673 Å². The molecule has 0 aromatic heterocycles. The number of carbonyl (C=O) groups is 3. The first-order valence-corrected chi connectivity index (χ1v) is 45.4. The van der Waals surface area contributed by atoms with Crippen molar-refractivity contribution in [2.24, 2.45) is 0 Å². The van der Waals surface area contributed by atoms with Crippen LogP contribution in [0.3, 0.4) is 0 Å². The number of rotatable bonds is 78. The Morgan fingerprint density at radius 1 is 0.252 bits per heavy atom. The van der Waals surface area contributed by atoms with Gasteiger partial charge in [-0.1, -0.05) is 324 Å². The summed E-state index contributed by atoms with van der Waals surface area (Å²) in [6, 6.07) is 0. The number of ether oxygens (including phenoxy) is 3. The molecule has 0 fully saturated rings. The minimum atomic E-state index is -4.96. The Hall–Kier alpha value is -5.87. The molecular weight excluding hydrogens is 1430 g/mol. The molecule has 628 valence electrons. The summed E-state index contributed by atoms with van der Waals surface area (Å²) < 4.78 is 61.2. The lowest BCUT2D eigenvalue weighted by Crippen LogP contribution is -2.30. The van der Waals surface area contributed by atoms with Crippen LogP contribution in [0.2, 0.25) is 0 Å². The molecule has 5 atom stereocenters. The van der Waals surface area contributed by atoms with Crippen molar-refractivity contribution in [2.75, 3.05) is 39.6 Å². The maximum atomic E-state index is 13.0. The number of phosphoric acid groups is 2. The second-order valence-corrected chi connectivity index (χ2v) is 30.4. The number of allylic oxidation sites excluding steroid dienone is 34. The Kier molecular flexibility index (Phi) is 79.1. The van der Waals surface area contributed by atoms with E-state index in [9.17, 15) is 43.5 Å². The Balaban J connectivity index is 4.62. The van der Waals surface area contributed by atoms with Crippen LogP contribution in [0.4, 0.5) is 0 Å². The lowest BCUT2D eigenvalue weighted by molar-refractivity contribution is -0.161. The van der Waals surface area contributed by atoms with Gasteiger partial charge in [0.2, 0.25) is 0 Å². The summed E-state index contributed by atoms with van der Waals surface area (Å²) in [6.07, 6.45) is 112. The summed E-state index contributed by atoms with van der Waals surface area (Å²) in [5.41, 5.74) is 0. The van der Waals surface area contributed by atoms with E-state index in [-0.39, 0.29) is 19.3 Å². The van der Waals surface area contributed by atoms with Crippen LogP contribution in [0.5, 0.6) is 0 Å². The highest BCUT2D eigenvalue weighted by atomic mass is 31.2. The number of aliphatic hydroxyl groups excluding tert-OH is 2. The first-order chi connectivity index (χ1) is 54.2. The van der Waals surface area contributed by atoms with Crippen LogP contribution in [0.15, 0.2) is 207 Å². The fourth-order valence-corrected chi connectivity index (χ4v) is 12.2. The minimum absolute atomic E-state index is 0.0642. The van der Waals surface area contributed by atoms with Gasteiger partial charge in [-0.05, 0) is 167 Å². The van der Waals surface area contributed by atoms with Crippen molar-refractivity contribution in [2.45, 2.75) is 322 Å². The molecule has 0 saturated heterocycles. The van der Waals surface area contributed by atoms with Crippen molar-refractivity contribution < 1.29 is 75.8 Å².